The van der Waals surface area contributed by atoms with Gasteiger partial charge in [-0.2, -0.15) is 0 Å². The fourth-order valence-electron chi connectivity index (χ4n) is 3.62. The van der Waals surface area contributed by atoms with Crippen LogP contribution in [0.4, 0.5) is 0 Å². The van der Waals surface area contributed by atoms with Gasteiger partial charge in [-0.3, -0.25) is 0 Å². The van der Waals surface area contributed by atoms with Crippen LogP contribution in [0.3, 0.4) is 0 Å². The zero-order chi connectivity index (χ0) is 22.1. The highest BCUT2D eigenvalue weighted by Gasteiger charge is 2.48. The van der Waals surface area contributed by atoms with E-state index in [4.69, 9.17) is 28.3 Å². The standard InChI is InChI=1S/C23H32BO6P/c1-24(31)29-16-19-20(27-14-17-10-6-4-7-11-17)21(22(25-2)23(26-3)30-19)28-15-18-12-8-5-9-13-18/h4-13,19-23H,14-16,31H2,1-3H3. The Balaban J connectivity index is 1.81. The summed E-state index contributed by atoms with van der Waals surface area (Å²) in [7, 11) is 5.87. The maximum Gasteiger partial charge on any atom is 0.311 e. The molecule has 0 radical (unpaired) electrons. The summed E-state index contributed by atoms with van der Waals surface area (Å²) in [5.74, 6) is 0. The summed E-state index contributed by atoms with van der Waals surface area (Å²) in [4.78, 5) is 0. The Labute approximate surface area is 187 Å². The van der Waals surface area contributed by atoms with E-state index in [2.05, 4.69) is 9.12 Å². The number of hydrogen-bond donors (Lipinski definition) is 0. The second kappa shape index (κ2) is 12.7. The van der Waals surface area contributed by atoms with Crippen LogP contribution in [0.5, 0.6) is 0 Å². The maximum absolute atomic E-state index is 6.37. The zero-order valence-electron chi connectivity index (χ0n) is 18.4. The highest BCUT2D eigenvalue weighted by Crippen LogP contribution is 2.30. The molecule has 168 valence electrons. The van der Waals surface area contributed by atoms with E-state index in [1.807, 2.05) is 67.5 Å². The van der Waals surface area contributed by atoms with Gasteiger partial charge < -0.3 is 28.3 Å². The quantitative estimate of drug-likeness (QED) is 0.389. The average molecular weight is 446 g/mol. The molecule has 6 atom stereocenters. The van der Waals surface area contributed by atoms with Crippen molar-refractivity contribution in [1.29, 1.82) is 0 Å². The van der Waals surface area contributed by atoms with Crippen LogP contribution in [0.2, 0.25) is 6.82 Å². The lowest BCUT2D eigenvalue weighted by atomic mass is 9.97. The van der Waals surface area contributed by atoms with Gasteiger partial charge >= 0.3 is 6.64 Å². The zero-order valence-corrected chi connectivity index (χ0v) is 19.5. The topological polar surface area (TPSA) is 55.4 Å². The Kier molecular flexibility index (Phi) is 9.94. The summed E-state index contributed by atoms with van der Waals surface area (Å²) in [5.41, 5.74) is 2.15. The van der Waals surface area contributed by atoms with Gasteiger partial charge in [-0.1, -0.05) is 67.5 Å². The van der Waals surface area contributed by atoms with Crippen LogP contribution in [0.15, 0.2) is 60.7 Å². The summed E-state index contributed by atoms with van der Waals surface area (Å²) < 4.78 is 36.1. The van der Waals surface area contributed by atoms with Gasteiger partial charge in [-0.15, -0.1) is 9.12 Å². The molecule has 1 heterocycles. The molecule has 0 aliphatic carbocycles. The fourth-order valence-corrected chi connectivity index (χ4v) is 3.73. The Hall–Kier alpha value is -1.31. The molecule has 0 amide bonds. The fraction of sp³-hybridized carbons (Fsp3) is 0.478. The lowest BCUT2D eigenvalue weighted by Crippen LogP contribution is -2.61. The molecule has 0 spiro atoms. The van der Waals surface area contributed by atoms with E-state index < -0.39 is 24.6 Å². The van der Waals surface area contributed by atoms with Gasteiger partial charge in [-0.25, -0.2) is 0 Å². The highest BCUT2D eigenvalue weighted by atomic mass is 31.0. The first-order valence-electron chi connectivity index (χ1n) is 10.5. The van der Waals surface area contributed by atoms with Gasteiger partial charge in [0.25, 0.3) is 0 Å². The van der Waals surface area contributed by atoms with E-state index in [1.54, 1.807) is 14.2 Å². The van der Waals surface area contributed by atoms with E-state index in [0.29, 0.717) is 19.8 Å². The van der Waals surface area contributed by atoms with Gasteiger partial charge in [0.2, 0.25) is 0 Å². The molecule has 0 N–H and O–H groups in total. The summed E-state index contributed by atoms with van der Waals surface area (Å²) >= 11 is 0. The van der Waals surface area contributed by atoms with Crippen LogP contribution in [-0.4, -0.2) is 58.2 Å². The van der Waals surface area contributed by atoms with Crippen molar-refractivity contribution < 1.29 is 28.3 Å². The summed E-state index contributed by atoms with van der Waals surface area (Å²) in [6.45, 7) is 3.17. The maximum atomic E-state index is 6.37. The smallest absolute Gasteiger partial charge is 0.311 e. The van der Waals surface area contributed by atoms with Crippen LogP contribution in [0.1, 0.15) is 11.1 Å². The molecular formula is C23H32BO6P. The molecule has 6 unspecified atom stereocenters. The van der Waals surface area contributed by atoms with Crippen molar-refractivity contribution in [2.75, 3.05) is 20.8 Å². The number of hydrogen-bond acceptors (Lipinski definition) is 6. The van der Waals surface area contributed by atoms with Gasteiger partial charge in [0.15, 0.2) is 6.29 Å². The third kappa shape index (κ3) is 7.09. The molecule has 6 nitrogen and oxygen atoms in total. The largest absolute Gasteiger partial charge is 0.429 e. The van der Waals surface area contributed by atoms with Crippen molar-refractivity contribution in [1.82, 2.24) is 0 Å². The first-order chi connectivity index (χ1) is 15.1. The van der Waals surface area contributed by atoms with Crippen molar-refractivity contribution >= 4 is 15.8 Å². The van der Waals surface area contributed by atoms with Crippen LogP contribution in [-0.2, 0) is 41.6 Å². The molecule has 1 aliphatic heterocycles. The molecule has 0 saturated carbocycles. The van der Waals surface area contributed by atoms with E-state index in [1.165, 1.54) is 0 Å². The van der Waals surface area contributed by atoms with Crippen LogP contribution < -0.4 is 0 Å². The highest BCUT2D eigenvalue weighted by molar-refractivity contribution is 7.60. The molecule has 0 bridgehead atoms. The predicted molar refractivity (Wildman–Crippen MR) is 124 cm³/mol. The lowest BCUT2D eigenvalue weighted by molar-refractivity contribution is -0.314. The molecule has 1 fully saturated rings. The minimum atomic E-state index is -0.587. The van der Waals surface area contributed by atoms with Gasteiger partial charge in [-0.05, 0) is 11.1 Å². The Morgan fingerprint density at radius 2 is 1.35 bits per heavy atom. The predicted octanol–water partition coefficient (Wildman–Crippen LogP) is 3.55. The molecule has 2 aromatic carbocycles. The lowest BCUT2D eigenvalue weighted by Gasteiger charge is -2.45. The molecular weight excluding hydrogens is 414 g/mol. The van der Waals surface area contributed by atoms with Crippen molar-refractivity contribution in [2.24, 2.45) is 0 Å². The Bertz CT molecular complexity index is 750. The van der Waals surface area contributed by atoms with Gasteiger partial charge in [0.1, 0.15) is 24.4 Å². The van der Waals surface area contributed by atoms with E-state index in [0.717, 1.165) is 11.1 Å². The molecule has 2 aromatic rings. The van der Waals surface area contributed by atoms with Crippen molar-refractivity contribution in [3.05, 3.63) is 71.8 Å². The number of ether oxygens (including phenoxy) is 5. The summed E-state index contributed by atoms with van der Waals surface area (Å²) in [6, 6.07) is 20.1. The van der Waals surface area contributed by atoms with Crippen molar-refractivity contribution in [3.63, 3.8) is 0 Å². The first-order valence-corrected chi connectivity index (χ1v) is 11.2. The van der Waals surface area contributed by atoms with E-state index in [-0.39, 0.29) is 12.7 Å². The normalized spacial score (nSPS) is 26.0. The number of rotatable bonds is 11. The molecule has 0 aromatic heterocycles. The SMILES string of the molecule is COC1OC(COB(C)P)C(OCc2ccccc2)C(OCc2ccccc2)C1OC. The van der Waals surface area contributed by atoms with Gasteiger partial charge in [0, 0.05) is 14.2 Å². The number of benzene rings is 2. The summed E-state index contributed by atoms with van der Waals surface area (Å²) in [5, 5.41) is 0. The first kappa shape index (κ1) is 24.3. The molecule has 1 aliphatic rings. The third-order valence-electron chi connectivity index (χ3n) is 5.19. The van der Waals surface area contributed by atoms with E-state index in [9.17, 15) is 0 Å². The minimum Gasteiger partial charge on any atom is -0.429 e. The van der Waals surface area contributed by atoms with Crippen molar-refractivity contribution in [3.8, 4) is 0 Å². The Morgan fingerprint density at radius 3 is 1.84 bits per heavy atom. The molecule has 3 rings (SSSR count). The molecule has 8 heteroatoms. The molecule has 31 heavy (non-hydrogen) atoms. The summed E-state index contributed by atoms with van der Waals surface area (Å²) in [6.07, 6.45) is -2.20. The average Bonchev–Trinajstić information content (AvgIpc) is 2.81. The van der Waals surface area contributed by atoms with E-state index >= 15 is 0 Å². The Morgan fingerprint density at radius 1 is 0.806 bits per heavy atom. The van der Waals surface area contributed by atoms with Crippen LogP contribution >= 0.6 is 9.12 Å². The second-order valence-electron chi connectivity index (χ2n) is 7.54. The van der Waals surface area contributed by atoms with Gasteiger partial charge in [0.05, 0.1) is 19.8 Å². The van der Waals surface area contributed by atoms with Crippen molar-refractivity contribution in [2.45, 2.75) is 50.7 Å². The number of methoxy groups -OCH3 is 2. The second-order valence-corrected chi connectivity index (χ2v) is 8.48. The monoisotopic (exact) mass is 446 g/mol. The van der Waals surface area contributed by atoms with Crippen LogP contribution in [0, 0.1) is 0 Å². The molecule has 1 saturated heterocycles. The van der Waals surface area contributed by atoms with Crippen LogP contribution in [0.25, 0.3) is 0 Å². The third-order valence-corrected chi connectivity index (χ3v) is 5.38. The minimum absolute atomic E-state index is 0.0109.